The highest BCUT2D eigenvalue weighted by Gasteiger charge is 2.21. The van der Waals surface area contributed by atoms with Gasteiger partial charge < -0.3 is 4.57 Å². The second kappa shape index (κ2) is 7.04. The number of carbonyl (C=O) groups excluding carboxylic acids is 1. The van der Waals surface area contributed by atoms with Gasteiger partial charge in [0.2, 0.25) is 5.43 Å². The first-order valence-electron chi connectivity index (χ1n) is 8.92. The van der Waals surface area contributed by atoms with Gasteiger partial charge in [0.1, 0.15) is 0 Å². The van der Waals surface area contributed by atoms with E-state index in [4.69, 9.17) is 0 Å². The number of fused-ring (bicyclic) bond motifs is 1. The Morgan fingerprint density at radius 3 is 2.11 bits per heavy atom. The van der Waals surface area contributed by atoms with E-state index in [0.29, 0.717) is 23.2 Å². The molecule has 0 aliphatic rings. The molecule has 0 fully saturated rings. The van der Waals surface area contributed by atoms with Crippen LogP contribution in [0.25, 0.3) is 10.9 Å². The van der Waals surface area contributed by atoms with Crippen LogP contribution >= 0.6 is 0 Å². The number of carbonyl (C=O) groups is 1. The Bertz CT molecular complexity index is 1180. The lowest BCUT2D eigenvalue weighted by Gasteiger charge is -2.18. The zero-order valence-electron chi connectivity index (χ0n) is 15.1. The van der Waals surface area contributed by atoms with E-state index >= 15 is 0 Å². The van der Waals surface area contributed by atoms with Crippen molar-refractivity contribution in [1.82, 2.24) is 4.57 Å². The Morgan fingerprint density at radius 1 is 0.815 bits per heavy atom. The summed E-state index contributed by atoms with van der Waals surface area (Å²) in [5.41, 5.74) is 3.22. The molecule has 0 saturated heterocycles. The Hall–Kier alpha value is -3.46. The molecule has 0 atom stereocenters. The Morgan fingerprint density at radius 2 is 1.41 bits per heavy atom. The fraction of sp³-hybridized carbons (Fsp3) is 0.0833. The summed E-state index contributed by atoms with van der Waals surface area (Å²) in [7, 11) is 0. The second-order valence-corrected chi connectivity index (χ2v) is 6.57. The van der Waals surface area contributed by atoms with Gasteiger partial charge in [0.15, 0.2) is 5.78 Å². The van der Waals surface area contributed by atoms with E-state index in [1.165, 1.54) is 0 Å². The number of ketones is 1. The third-order valence-electron chi connectivity index (χ3n) is 4.88. The van der Waals surface area contributed by atoms with Crippen LogP contribution in [-0.2, 0) is 6.54 Å². The second-order valence-electron chi connectivity index (χ2n) is 6.57. The third-order valence-corrected chi connectivity index (χ3v) is 4.88. The molecule has 3 nitrogen and oxygen atoms in total. The number of nitrogens with zero attached hydrogens (tertiary/aromatic N) is 1. The highest BCUT2D eigenvalue weighted by atomic mass is 16.1. The molecule has 0 spiro atoms. The summed E-state index contributed by atoms with van der Waals surface area (Å²) >= 11 is 0. The van der Waals surface area contributed by atoms with Crippen LogP contribution < -0.4 is 5.43 Å². The van der Waals surface area contributed by atoms with Crippen LogP contribution in [0, 0.1) is 6.92 Å². The molecule has 4 aromatic rings. The highest BCUT2D eigenvalue weighted by Crippen LogP contribution is 2.20. The van der Waals surface area contributed by atoms with E-state index in [0.717, 1.165) is 11.1 Å². The van der Waals surface area contributed by atoms with E-state index in [9.17, 15) is 9.59 Å². The van der Waals surface area contributed by atoms with Crippen molar-refractivity contribution in [1.29, 1.82) is 0 Å². The molecule has 3 heteroatoms. The largest absolute Gasteiger partial charge is 0.339 e. The van der Waals surface area contributed by atoms with Gasteiger partial charge in [-0.25, -0.2) is 0 Å². The van der Waals surface area contributed by atoms with Gasteiger partial charge in [0.05, 0.1) is 11.1 Å². The molecule has 0 unspecified atom stereocenters. The van der Waals surface area contributed by atoms with Crippen molar-refractivity contribution in [3.05, 3.63) is 118 Å². The summed E-state index contributed by atoms with van der Waals surface area (Å²) < 4.78 is 2.06. The minimum atomic E-state index is -0.231. The van der Waals surface area contributed by atoms with Crippen molar-refractivity contribution < 1.29 is 4.79 Å². The molecule has 0 N–H and O–H groups in total. The molecule has 0 amide bonds. The van der Waals surface area contributed by atoms with E-state index in [-0.39, 0.29) is 16.8 Å². The van der Waals surface area contributed by atoms with E-state index in [1.807, 2.05) is 73.7 Å². The molecule has 0 bridgehead atoms. The molecule has 0 aliphatic heterocycles. The monoisotopic (exact) mass is 353 g/mol. The predicted molar refractivity (Wildman–Crippen MR) is 108 cm³/mol. The van der Waals surface area contributed by atoms with Crippen molar-refractivity contribution in [2.45, 2.75) is 13.5 Å². The SMILES string of the molecule is Cc1c(C(=O)c2ccccc2)c(=O)c2ccccc2n1Cc1ccccc1. The number of benzene rings is 3. The summed E-state index contributed by atoms with van der Waals surface area (Å²) in [6.45, 7) is 2.45. The smallest absolute Gasteiger partial charge is 0.200 e. The van der Waals surface area contributed by atoms with Gasteiger partial charge in [-0.1, -0.05) is 72.8 Å². The lowest BCUT2D eigenvalue weighted by atomic mass is 9.99. The first-order chi connectivity index (χ1) is 13.2. The van der Waals surface area contributed by atoms with E-state index in [2.05, 4.69) is 4.57 Å². The fourth-order valence-corrected chi connectivity index (χ4v) is 3.49. The van der Waals surface area contributed by atoms with E-state index < -0.39 is 0 Å². The van der Waals surface area contributed by atoms with Crippen LogP contribution in [0.1, 0.15) is 27.2 Å². The summed E-state index contributed by atoms with van der Waals surface area (Å²) in [5.74, 6) is -0.231. The van der Waals surface area contributed by atoms with Gasteiger partial charge in [0.25, 0.3) is 0 Å². The van der Waals surface area contributed by atoms with Gasteiger partial charge in [-0.15, -0.1) is 0 Å². The zero-order valence-corrected chi connectivity index (χ0v) is 15.1. The normalized spacial score (nSPS) is 10.9. The predicted octanol–water partition coefficient (Wildman–Crippen LogP) is 4.59. The van der Waals surface area contributed by atoms with Gasteiger partial charge >= 0.3 is 0 Å². The summed E-state index contributed by atoms with van der Waals surface area (Å²) in [6, 6.07) is 26.5. The van der Waals surface area contributed by atoms with Crippen LogP contribution in [0.4, 0.5) is 0 Å². The van der Waals surface area contributed by atoms with Crippen LogP contribution in [0.2, 0.25) is 0 Å². The van der Waals surface area contributed by atoms with Gasteiger partial charge in [-0.2, -0.15) is 0 Å². The minimum Gasteiger partial charge on any atom is -0.339 e. The summed E-state index contributed by atoms with van der Waals surface area (Å²) in [5, 5.41) is 0.568. The van der Waals surface area contributed by atoms with Crippen LogP contribution in [0.3, 0.4) is 0 Å². The Labute approximate surface area is 157 Å². The van der Waals surface area contributed by atoms with Crippen molar-refractivity contribution in [3.63, 3.8) is 0 Å². The maximum absolute atomic E-state index is 13.1. The zero-order chi connectivity index (χ0) is 18.8. The van der Waals surface area contributed by atoms with Crippen molar-refractivity contribution in [2.75, 3.05) is 0 Å². The maximum Gasteiger partial charge on any atom is 0.200 e. The molecule has 0 radical (unpaired) electrons. The van der Waals surface area contributed by atoms with Crippen LogP contribution in [0.5, 0.6) is 0 Å². The topological polar surface area (TPSA) is 39.1 Å². The van der Waals surface area contributed by atoms with Crippen molar-refractivity contribution >= 4 is 16.7 Å². The van der Waals surface area contributed by atoms with Gasteiger partial charge in [0, 0.05) is 23.2 Å². The van der Waals surface area contributed by atoms with Gasteiger partial charge in [-0.05, 0) is 24.6 Å². The molecule has 4 rings (SSSR count). The van der Waals surface area contributed by atoms with Crippen molar-refractivity contribution in [2.24, 2.45) is 0 Å². The molecule has 1 aromatic heterocycles. The molecule has 0 saturated carbocycles. The minimum absolute atomic E-state index is 0.207. The number of hydrogen-bond donors (Lipinski definition) is 0. The highest BCUT2D eigenvalue weighted by molar-refractivity contribution is 6.11. The summed E-state index contributed by atoms with van der Waals surface area (Å²) in [4.78, 5) is 26.3. The average molecular weight is 353 g/mol. The Balaban J connectivity index is 1.97. The van der Waals surface area contributed by atoms with Crippen molar-refractivity contribution in [3.8, 4) is 0 Å². The first-order valence-corrected chi connectivity index (χ1v) is 8.92. The number of pyridine rings is 1. The molecule has 0 aliphatic carbocycles. The Kier molecular flexibility index (Phi) is 4.43. The van der Waals surface area contributed by atoms with E-state index in [1.54, 1.807) is 18.2 Å². The molecule has 3 aromatic carbocycles. The quantitative estimate of drug-likeness (QED) is 0.503. The lowest BCUT2D eigenvalue weighted by Crippen LogP contribution is -2.23. The number of rotatable bonds is 4. The molecular weight excluding hydrogens is 334 g/mol. The maximum atomic E-state index is 13.1. The number of hydrogen-bond acceptors (Lipinski definition) is 2. The molecule has 27 heavy (non-hydrogen) atoms. The lowest BCUT2D eigenvalue weighted by molar-refractivity contribution is 0.103. The number of para-hydroxylation sites is 1. The third kappa shape index (κ3) is 3.08. The first kappa shape index (κ1) is 17.0. The standard InChI is InChI=1S/C24H19NO2/c1-17-22(23(26)19-12-6-3-7-13-19)24(27)20-14-8-9-15-21(20)25(17)16-18-10-4-2-5-11-18/h2-15H,16H2,1H3. The van der Waals surface area contributed by atoms with Gasteiger partial charge in [-0.3, -0.25) is 9.59 Å². The number of aromatic nitrogens is 1. The average Bonchev–Trinajstić information content (AvgIpc) is 2.72. The molecular formula is C24H19NO2. The summed E-state index contributed by atoms with van der Waals surface area (Å²) in [6.07, 6.45) is 0. The molecule has 132 valence electrons. The fourth-order valence-electron chi connectivity index (χ4n) is 3.49. The molecule has 1 heterocycles. The van der Waals surface area contributed by atoms with Crippen LogP contribution in [0.15, 0.2) is 89.7 Å². The van der Waals surface area contributed by atoms with Crippen LogP contribution in [-0.4, -0.2) is 10.4 Å².